The van der Waals surface area contributed by atoms with Gasteiger partial charge in [-0.15, -0.1) is 0 Å². The number of hydrogen-bond donors (Lipinski definition) is 2. The molecule has 0 aromatic heterocycles. The zero-order valence-corrected chi connectivity index (χ0v) is 14.1. The predicted octanol–water partition coefficient (Wildman–Crippen LogP) is 2.64. The van der Waals surface area contributed by atoms with Gasteiger partial charge in [0.05, 0.1) is 5.56 Å². The molecule has 27 heavy (non-hydrogen) atoms. The summed E-state index contributed by atoms with van der Waals surface area (Å²) in [6.07, 6.45) is -1.38. The van der Waals surface area contributed by atoms with Crippen molar-refractivity contribution in [1.29, 1.82) is 0 Å². The molecule has 3 amide bonds. The van der Waals surface area contributed by atoms with Crippen molar-refractivity contribution in [2.24, 2.45) is 0 Å². The van der Waals surface area contributed by atoms with Crippen LogP contribution in [0.3, 0.4) is 0 Å². The van der Waals surface area contributed by atoms with Crippen LogP contribution in [0.15, 0.2) is 54.6 Å². The summed E-state index contributed by atoms with van der Waals surface area (Å²) < 4.78 is 33.8. The van der Waals surface area contributed by atoms with Crippen LogP contribution in [0.25, 0.3) is 0 Å². The van der Waals surface area contributed by atoms with Crippen molar-refractivity contribution in [3.05, 3.63) is 65.7 Å². The van der Waals surface area contributed by atoms with Gasteiger partial charge in [-0.3, -0.25) is 10.1 Å². The van der Waals surface area contributed by atoms with E-state index in [4.69, 9.17) is 4.74 Å². The Kier molecular flexibility index (Phi) is 6.81. The van der Waals surface area contributed by atoms with Crippen molar-refractivity contribution in [2.45, 2.75) is 12.7 Å². The van der Waals surface area contributed by atoms with Crippen LogP contribution in [-0.4, -0.2) is 31.6 Å². The minimum atomic E-state index is -2.99. The van der Waals surface area contributed by atoms with Crippen LogP contribution in [-0.2, 0) is 9.53 Å². The summed E-state index contributed by atoms with van der Waals surface area (Å²) in [7, 11) is 1.33. The lowest BCUT2D eigenvalue weighted by Crippen LogP contribution is -2.41. The van der Waals surface area contributed by atoms with Gasteiger partial charge in [-0.2, -0.15) is 8.78 Å². The van der Waals surface area contributed by atoms with Crippen LogP contribution in [0.5, 0.6) is 5.75 Å². The first-order chi connectivity index (χ1) is 12.9. The number of urea groups is 1. The van der Waals surface area contributed by atoms with E-state index >= 15 is 0 Å². The van der Waals surface area contributed by atoms with Crippen molar-refractivity contribution in [1.82, 2.24) is 10.6 Å². The number of rotatable bonds is 6. The number of halogens is 2. The fourth-order valence-electron chi connectivity index (χ4n) is 2.09. The van der Waals surface area contributed by atoms with E-state index in [-0.39, 0.29) is 11.3 Å². The quantitative estimate of drug-likeness (QED) is 0.754. The summed E-state index contributed by atoms with van der Waals surface area (Å²) in [4.78, 5) is 36.0. The van der Waals surface area contributed by atoms with Gasteiger partial charge < -0.3 is 14.8 Å². The highest BCUT2D eigenvalue weighted by molar-refractivity contribution is 5.99. The smallest absolute Gasteiger partial charge is 0.387 e. The molecule has 0 saturated heterocycles. The average Bonchev–Trinajstić information content (AvgIpc) is 2.66. The molecule has 142 valence electrons. The van der Waals surface area contributed by atoms with Gasteiger partial charge in [0.15, 0.2) is 0 Å². The third-order valence-corrected chi connectivity index (χ3v) is 3.34. The number of nitrogens with one attached hydrogen (secondary N) is 2. The molecule has 0 unspecified atom stereocenters. The highest BCUT2D eigenvalue weighted by Crippen LogP contribution is 2.21. The Morgan fingerprint density at radius 1 is 0.963 bits per heavy atom. The van der Waals surface area contributed by atoms with Crippen molar-refractivity contribution >= 4 is 17.9 Å². The molecule has 0 aliphatic rings. The largest absolute Gasteiger partial charge is 0.444 e. The van der Waals surface area contributed by atoms with Gasteiger partial charge in [-0.05, 0) is 24.3 Å². The molecule has 0 heterocycles. The highest BCUT2D eigenvalue weighted by atomic mass is 19.3. The number of amides is 3. The number of hydrogen-bond acceptors (Lipinski definition) is 5. The number of carbonyl (C=O) groups excluding carboxylic acids is 3. The minimum Gasteiger partial charge on any atom is -0.444 e. The highest BCUT2D eigenvalue weighted by Gasteiger charge is 2.27. The molecule has 0 saturated carbocycles. The lowest BCUT2D eigenvalue weighted by molar-refractivity contribution is -0.129. The Labute approximate surface area is 153 Å². The number of ether oxygens (including phenoxy) is 2. The summed E-state index contributed by atoms with van der Waals surface area (Å²) in [6.45, 7) is -2.99. The third-order valence-electron chi connectivity index (χ3n) is 3.34. The molecule has 2 aromatic carbocycles. The van der Waals surface area contributed by atoms with Crippen LogP contribution >= 0.6 is 0 Å². The molecule has 9 heteroatoms. The Bertz CT molecular complexity index is 797. The number of benzene rings is 2. The number of alkyl halides is 2. The second-order valence-corrected chi connectivity index (χ2v) is 5.17. The summed E-state index contributed by atoms with van der Waals surface area (Å²) in [5.41, 5.74) is 0.371. The van der Waals surface area contributed by atoms with E-state index in [1.54, 1.807) is 30.3 Å². The second-order valence-electron chi connectivity index (χ2n) is 5.17. The monoisotopic (exact) mass is 378 g/mol. The fraction of sp³-hybridized carbons (Fsp3) is 0.167. The maximum Gasteiger partial charge on any atom is 0.387 e. The summed E-state index contributed by atoms with van der Waals surface area (Å²) in [6, 6.07) is 12.1. The predicted molar refractivity (Wildman–Crippen MR) is 90.3 cm³/mol. The van der Waals surface area contributed by atoms with E-state index in [0.29, 0.717) is 5.56 Å². The first-order valence-corrected chi connectivity index (χ1v) is 7.74. The van der Waals surface area contributed by atoms with E-state index in [0.717, 1.165) is 0 Å². The Morgan fingerprint density at radius 3 is 2.15 bits per heavy atom. The molecule has 0 aliphatic carbocycles. The lowest BCUT2D eigenvalue weighted by Gasteiger charge is -2.17. The topological polar surface area (TPSA) is 93.7 Å². The van der Waals surface area contributed by atoms with Crippen molar-refractivity contribution < 1.29 is 32.6 Å². The van der Waals surface area contributed by atoms with Gasteiger partial charge in [0, 0.05) is 12.6 Å². The maximum atomic E-state index is 12.3. The van der Waals surface area contributed by atoms with E-state index in [2.05, 4.69) is 10.1 Å². The number of esters is 1. The molecule has 0 spiro atoms. The molecule has 2 N–H and O–H groups in total. The Hall–Kier alpha value is -3.49. The van der Waals surface area contributed by atoms with Crippen LogP contribution in [0.1, 0.15) is 22.0 Å². The van der Waals surface area contributed by atoms with Crippen molar-refractivity contribution in [3.8, 4) is 5.75 Å². The standard InChI is InChI=1S/C18H16F2N2O5/c1-21-18(25)22-15(23)14(11-5-3-2-4-6-11)27-16(24)12-7-9-13(10-8-12)26-17(19)20/h2-10,14,17H,1H3,(H2,21,22,23,25)/t14-/m0/s1. The Balaban J connectivity index is 2.17. The molecule has 7 nitrogen and oxygen atoms in total. The normalized spacial score (nSPS) is 11.4. The van der Waals surface area contributed by atoms with Gasteiger partial charge in [0.25, 0.3) is 5.91 Å². The van der Waals surface area contributed by atoms with Gasteiger partial charge in [0.2, 0.25) is 6.10 Å². The molecule has 0 fully saturated rings. The Morgan fingerprint density at radius 2 is 1.59 bits per heavy atom. The second kappa shape index (κ2) is 9.27. The van der Waals surface area contributed by atoms with Crippen molar-refractivity contribution in [2.75, 3.05) is 7.05 Å². The molecule has 0 radical (unpaired) electrons. The molecule has 0 bridgehead atoms. The average molecular weight is 378 g/mol. The molecule has 2 aromatic rings. The zero-order valence-electron chi connectivity index (χ0n) is 14.1. The first-order valence-electron chi connectivity index (χ1n) is 7.74. The SMILES string of the molecule is CNC(=O)NC(=O)[C@@H](OC(=O)c1ccc(OC(F)F)cc1)c1ccccc1. The lowest BCUT2D eigenvalue weighted by atomic mass is 10.1. The molecular weight excluding hydrogens is 362 g/mol. The first kappa shape index (κ1) is 19.8. The van der Waals surface area contributed by atoms with Crippen molar-refractivity contribution in [3.63, 3.8) is 0 Å². The van der Waals surface area contributed by atoms with E-state index in [9.17, 15) is 23.2 Å². The van der Waals surface area contributed by atoms with E-state index in [1.807, 2.05) is 5.32 Å². The van der Waals surface area contributed by atoms with Gasteiger partial charge in [-0.25, -0.2) is 9.59 Å². The van der Waals surface area contributed by atoms with E-state index in [1.165, 1.54) is 31.3 Å². The van der Waals surface area contributed by atoms with Crippen LogP contribution in [0, 0.1) is 0 Å². The fourth-order valence-corrected chi connectivity index (χ4v) is 2.09. The number of imide groups is 1. The molecular formula is C18H16F2N2O5. The van der Waals surface area contributed by atoms with Gasteiger partial charge >= 0.3 is 18.6 Å². The third kappa shape index (κ3) is 5.77. The molecule has 2 rings (SSSR count). The molecule has 1 atom stereocenters. The van der Waals surface area contributed by atoms with Crippen LogP contribution < -0.4 is 15.4 Å². The molecule has 0 aliphatic heterocycles. The summed E-state index contributed by atoms with van der Waals surface area (Å²) in [5.74, 6) is -1.84. The van der Waals surface area contributed by atoms with Crippen LogP contribution in [0.4, 0.5) is 13.6 Å². The number of carbonyl (C=O) groups is 3. The van der Waals surface area contributed by atoms with Gasteiger partial charge in [0.1, 0.15) is 5.75 Å². The zero-order chi connectivity index (χ0) is 19.8. The van der Waals surface area contributed by atoms with Crippen LogP contribution in [0.2, 0.25) is 0 Å². The van der Waals surface area contributed by atoms with Gasteiger partial charge in [-0.1, -0.05) is 30.3 Å². The summed E-state index contributed by atoms with van der Waals surface area (Å²) >= 11 is 0. The maximum absolute atomic E-state index is 12.3. The summed E-state index contributed by atoms with van der Waals surface area (Å²) in [5, 5.41) is 4.27. The van der Waals surface area contributed by atoms with E-state index < -0.39 is 30.6 Å². The minimum absolute atomic E-state index is 0.0188.